The second kappa shape index (κ2) is 7.84. The lowest BCUT2D eigenvalue weighted by Crippen LogP contribution is -2.40. The van der Waals surface area contributed by atoms with Gasteiger partial charge in [-0.2, -0.15) is 0 Å². The average molecular weight is 347 g/mol. The Bertz CT molecular complexity index is 787. The number of nitrogens with one attached hydrogen (secondary N) is 1. The summed E-state index contributed by atoms with van der Waals surface area (Å²) in [5, 5.41) is 0. The summed E-state index contributed by atoms with van der Waals surface area (Å²) in [5.41, 5.74) is 1.89. The number of hydrogen-bond acceptors (Lipinski definition) is 4. The first-order chi connectivity index (χ1) is 12.1. The molecule has 2 aromatic rings. The van der Waals surface area contributed by atoms with E-state index in [2.05, 4.69) is 4.98 Å². The van der Waals surface area contributed by atoms with Gasteiger partial charge in [-0.3, -0.25) is 9.36 Å². The highest BCUT2D eigenvalue weighted by atomic mass is 16.5. The van der Waals surface area contributed by atoms with Crippen molar-refractivity contribution in [3.63, 3.8) is 0 Å². The van der Waals surface area contributed by atoms with Gasteiger partial charge in [-0.1, -0.05) is 0 Å². The molecule has 1 N–H and O–H groups in total. The van der Waals surface area contributed by atoms with Gasteiger partial charge in [0.05, 0.1) is 30.3 Å². The monoisotopic (exact) mass is 347 g/mol. The Morgan fingerprint density at radius 2 is 2.08 bits per heavy atom. The minimum atomic E-state index is -0.180. The van der Waals surface area contributed by atoms with E-state index in [0.717, 1.165) is 18.4 Å². The fourth-order valence-corrected chi connectivity index (χ4v) is 3.30. The van der Waals surface area contributed by atoms with Crippen molar-refractivity contribution in [3.8, 4) is 0 Å². The van der Waals surface area contributed by atoms with Gasteiger partial charge in [0, 0.05) is 32.4 Å². The van der Waals surface area contributed by atoms with E-state index in [0.29, 0.717) is 43.9 Å². The molecule has 0 atom stereocenters. The minimum Gasteiger partial charge on any atom is -0.381 e. The molecule has 1 amide bonds. The van der Waals surface area contributed by atoms with Crippen molar-refractivity contribution in [2.75, 3.05) is 33.4 Å². The highest BCUT2D eigenvalue weighted by Crippen LogP contribution is 2.18. The predicted octanol–water partition coefficient (Wildman–Crippen LogP) is 1.62. The Kier molecular flexibility index (Phi) is 5.55. The van der Waals surface area contributed by atoms with Gasteiger partial charge in [0.25, 0.3) is 5.91 Å². The number of ether oxygens (including phenoxy) is 2. The van der Waals surface area contributed by atoms with E-state index >= 15 is 0 Å². The fourth-order valence-electron chi connectivity index (χ4n) is 3.30. The van der Waals surface area contributed by atoms with Crippen LogP contribution in [-0.4, -0.2) is 59.9 Å². The standard InChI is InChI=1S/C18H25N3O4/c1-3-25-11-10-21-16-5-4-13(12-15(16)19-18(21)23)17(22)20-8-6-14(24-2)7-9-20/h4-5,12,14H,3,6-11H2,1-2H3,(H,19,23). The van der Waals surface area contributed by atoms with Gasteiger partial charge in [0.1, 0.15) is 0 Å². The molecule has 0 spiro atoms. The van der Waals surface area contributed by atoms with Gasteiger partial charge < -0.3 is 19.4 Å². The summed E-state index contributed by atoms with van der Waals surface area (Å²) in [6.07, 6.45) is 1.95. The van der Waals surface area contributed by atoms with E-state index in [1.54, 1.807) is 23.8 Å². The van der Waals surface area contributed by atoms with Crippen LogP contribution in [0.25, 0.3) is 11.0 Å². The largest absolute Gasteiger partial charge is 0.381 e. The zero-order chi connectivity index (χ0) is 17.8. The third kappa shape index (κ3) is 3.77. The Labute approximate surface area is 146 Å². The van der Waals surface area contributed by atoms with Gasteiger partial charge in [-0.25, -0.2) is 4.79 Å². The lowest BCUT2D eigenvalue weighted by Gasteiger charge is -2.31. The van der Waals surface area contributed by atoms with E-state index in [1.165, 1.54) is 0 Å². The van der Waals surface area contributed by atoms with Crippen LogP contribution in [-0.2, 0) is 16.0 Å². The van der Waals surface area contributed by atoms with Crippen LogP contribution in [0.3, 0.4) is 0 Å². The topological polar surface area (TPSA) is 76.6 Å². The number of carbonyl (C=O) groups is 1. The van der Waals surface area contributed by atoms with E-state index in [-0.39, 0.29) is 17.7 Å². The molecule has 3 rings (SSSR count). The molecule has 136 valence electrons. The molecule has 1 aromatic heterocycles. The molecule has 7 heteroatoms. The fraction of sp³-hybridized carbons (Fsp3) is 0.556. The first-order valence-corrected chi connectivity index (χ1v) is 8.76. The van der Waals surface area contributed by atoms with Gasteiger partial charge >= 0.3 is 5.69 Å². The van der Waals surface area contributed by atoms with Crippen LogP contribution in [0.15, 0.2) is 23.0 Å². The molecule has 0 radical (unpaired) electrons. The van der Waals surface area contributed by atoms with Crippen molar-refractivity contribution in [2.45, 2.75) is 32.4 Å². The van der Waals surface area contributed by atoms with Gasteiger partial charge in [-0.05, 0) is 38.0 Å². The number of methoxy groups -OCH3 is 1. The second-order valence-corrected chi connectivity index (χ2v) is 6.24. The number of aromatic amines is 1. The third-order valence-electron chi connectivity index (χ3n) is 4.75. The molecule has 0 unspecified atom stereocenters. The number of imidazole rings is 1. The second-order valence-electron chi connectivity index (χ2n) is 6.24. The molecule has 1 aliphatic rings. The average Bonchev–Trinajstić information content (AvgIpc) is 2.96. The Morgan fingerprint density at radius 1 is 1.32 bits per heavy atom. The molecule has 0 saturated carbocycles. The zero-order valence-corrected chi connectivity index (χ0v) is 14.8. The summed E-state index contributed by atoms with van der Waals surface area (Å²) in [6, 6.07) is 5.38. The van der Waals surface area contributed by atoms with Crippen LogP contribution >= 0.6 is 0 Å². The maximum absolute atomic E-state index is 12.7. The van der Waals surface area contributed by atoms with Crippen LogP contribution < -0.4 is 5.69 Å². The van der Waals surface area contributed by atoms with Crippen molar-refractivity contribution in [1.82, 2.24) is 14.5 Å². The smallest absolute Gasteiger partial charge is 0.326 e. The van der Waals surface area contributed by atoms with Crippen molar-refractivity contribution < 1.29 is 14.3 Å². The van der Waals surface area contributed by atoms with E-state index < -0.39 is 0 Å². The first-order valence-electron chi connectivity index (χ1n) is 8.76. The molecule has 0 bridgehead atoms. The summed E-state index contributed by atoms with van der Waals surface area (Å²) in [5.74, 6) is -0.000585. The van der Waals surface area contributed by atoms with Crippen molar-refractivity contribution in [2.24, 2.45) is 0 Å². The zero-order valence-electron chi connectivity index (χ0n) is 14.8. The molecule has 1 aromatic carbocycles. The number of rotatable bonds is 6. The number of aromatic nitrogens is 2. The van der Waals surface area contributed by atoms with Crippen LogP contribution in [0.5, 0.6) is 0 Å². The van der Waals surface area contributed by atoms with Gasteiger partial charge in [0.2, 0.25) is 0 Å². The lowest BCUT2D eigenvalue weighted by atomic mass is 10.1. The first kappa shape index (κ1) is 17.7. The van der Waals surface area contributed by atoms with Crippen molar-refractivity contribution in [3.05, 3.63) is 34.2 Å². The molecule has 1 aliphatic heterocycles. The number of H-pyrrole nitrogens is 1. The van der Waals surface area contributed by atoms with E-state index in [4.69, 9.17) is 9.47 Å². The Balaban J connectivity index is 1.77. The van der Waals surface area contributed by atoms with Gasteiger partial charge in [-0.15, -0.1) is 0 Å². The summed E-state index contributed by atoms with van der Waals surface area (Å²) in [7, 11) is 1.71. The number of hydrogen-bond donors (Lipinski definition) is 1. The Hall–Kier alpha value is -2.12. The molecule has 2 heterocycles. The number of likely N-dealkylation sites (tertiary alicyclic amines) is 1. The SMILES string of the molecule is CCOCCn1c(=O)[nH]c2cc(C(=O)N3CCC(OC)CC3)ccc21. The molecule has 1 fully saturated rings. The minimum absolute atomic E-state index is 0.000585. The number of amides is 1. The maximum Gasteiger partial charge on any atom is 0.326 e. The summed E-state index contributed by atoms with van der Waals surface area (Å²) >= 11 is 0. The van der Waals surface area contributed by atoms with Crippen molar-refractivity contribution >= 4 is 16.9 Å². The van der Waals surface area contributed by atoms with Crippen LogP contribution in [0, 0.1) is 0 Å². The third-order valence-corrected chi connectivity index (χ3v) is 4.75. The van der Waals surface area contributed by atoms with Crippen LogP contribution in [0.1, 0.15) is 30.1 Å². The van der Waals surface area contributed by atoms with E-state index in [1.807, 2.05) is 17.9 Å². The molecule has 0 aliphatic carbocycles. The molecular weight excluding hydrogens is 322 g/mol. The normalized spacial score (nSPS) is 15.8. The molecule has 7 nitrogen and oxygen atoms in total. The number of piperidine rings is 1. The lowest BCUT2D eigenvalue weighted by molar-refractivity contribution is 0.0351. The number of benzene rings is 1. The van der Waals surface area contributed by atoms with Crippen molar-refractivity contribution in [1.29, 1.82) is 0 Å². The number of carbonyl (C=O) groups excluding carboxylic acids is 1. The number of fused-ring (bicyclic) bond motifs is 1. The molecule has 25 heavy (non-hydrogen) atoms. The Morgan fingerprint density at radius 3 is 2.76 bits per heavy atom. The summed E-state index contributed by atoms with van der Waals surface area (Å²) in [4.78, 5) is 29.5. The number of nitrogens with zero attached hydrogens (tertiary/aromatic N) is 2. The van der Waals surface area contributed by atoms with E-state index in [9.17, 15) is 9.59 Å². The predicted molar refractivity (Wildman–Crippen MR) is 95.0 cm³/mol. The summed E-state index contributed by atoms with van der Waals surface area (Å²) < 4.78 is 12.3. The maximum atomic E-state index is 12.7. The molecule has 1 saturated heterocycles. The van der Waals surface area contributed by atoms with Crippen LogP contribution in [0.4, 0.5) is 0 Å². The van der Waals surface area contributed by atoms with Gasteiger partial charge in [0.15, 0.2) is 0 Å². The highest BCUT2D eigenvalue weighted by Gasteiger charge is 2.23. The quantitative estimate of drug-likeness (QED) is 0.806. The highest BCUT2D eigenvalue weighted by molar-refractivity contribution is 5.97. The summed E-state index contributed by atoms with van der Waals surface area (Å²) in [6.45, 7) is 4.91. The molecular formula is C18H25N3O4. The van der Waals surface area contributed by atoms with Crippen LogP contribution in [0.2, 0.25) is 0 Å².